The second-order valence-electron chi connectivity index (χ2n) is 8.88. The van der Waals surface area contributed by atoms with Gasteiger partial charge in [-0.1, -0.05) is 23.5 Å². The lowest BCUT2D eigenvalue weighted by Gasteiger charge is -2.10. The number of nitro groups is 2. The summed E-state index contributed by atoms with van der Waals surface area (Å²) >= 11 is 2.18. The number of nitrogens with zero attached hydrogens (tertiary/aromatic N) is 2. The molecule has 0 aliphatic rings. The summed E-state index contributed by atoms with van der Waals surface area (Å²) in [4.78, 5) is 46.1. The Labute approximate surface area is 268 Å². The molecule has 4 rings (SSSR count). The van der Waals surface area contributed by atoms with Crippen LogP contribution in [0.15, 0.2) is 92.4 Å². The number of nitro benzene ring substituents is 2. The number of hydrogen-bond acceptors (Lipinski definition) is 12. The fourth-order valence-corrected chi connectivity index (χ4v) is 5.79. The lowest BCUT2D eigenvalue weighted by Crippen LogP contribution is -2.06. The van der Waals surface area contributed by atoms with Crippen LogP contribution in [0.1, 0.15) is 31.8 Å². The molecule has 0 saturated carbocycles. The fraction of sp³-hybridized carbons (Fsp3) is 0.133. The Morgan fingerprint density at radius 1 is 0.652 bits per heavy atom. The zero-order valence-corrected chi connectivity index (χ0v) is 25.6. The van der Waals surface area contributed by atoms with Gasteiger partial charge in [-0.25, -0.2) is 18.4 Å². The topological polar surface area (TPSA) is 179 Å². The SMILES string of the molecule is COC(=O)c1cc(F)ccc1Sc1ccc([N+](=O)[O-])cc1C(=O)OC.O=[N+]([O-])c1ccc(Sc2ccc(F)cc2CO)c(CO)c1. The first-order chi connectivity index (χ1) is 21.9. The number of rotatable bonds is 10. The largest absolute Gasteiger partial charge is 0.465 e. The van der Waals surface area contributed by atoms with E-state index in [2.05, 4.69) is 9.47 Å². The highest BCUT2D eigenvalue weighted by Crippen LogP contribution is 2.36. The van der Waals surface area contributed by atoms with E-state index in [4.69, 9.17) is 0 Å². The van der Waals surface area contributed by atoms with Gasteiger partial charge >= 0.3 is 11.9 Å². The van der Waals surface area contributed by atoms with E-state index in [-0.39, 0.29) is 35.7 Å². The van der Waals surface area contributed by atoms with Gasteiger partial charge in [0.1, 0.15) is 11.6 Å². The van der Waals surface area contributed by atoms with E-state index in [0.717, 1.165) is 44.2 Å². The lowest BCUT2D eigenvalue weighted by molar-refractivity contribution is -0.385. The molecule has 46 heavy (non-hydrogen) atoms. The predicted molar refractivity (Wildman–Crippen MR) is 162 cm³/mol. The molecular formula is C30H24F2N2O10S2. The van der Waals surface area contributed by atoms with Gasteiger partial charge in [-0.15, -0.1) is 0 Å². The number of aliphatic hydroxyl groups is 2. The molecule has 0 fully saturated rings. The highest BCUT2D eigenvalue weighted by molar-refractivity contribution is 7.99. The van der Waals surface area contributed by atoms with Crippen LogP contribution in [0.2, 0.25) is 0 Å². The first-order valence-electron chi connectivity index (χ1n) is 12.8. The first-order valence-corrected chi connectivity index (χ1v) is 14.4. The van der Waals surface area contributed by atoms with E-state index >= 15 is 0 Å². The van der Waals surface area contributed by atoms with E-state index < -0.39 is 33.4 Å². The Morgan fingerprint density at radius 2 is 1.04 bits per heavy atom. The van der Waals surface area contributed by atoms with Crippen LogP contribution in [0.3, 0.4) is 0 Å². The molecule has 2 N–H and O–H groups in total. The molecule has 0 bridgehead atoms. The smallest absolute Gasteiger partial charge is 0.339 e. The fourth-order valence-electron chi connectivity index (χ4n) is 3.76. The molecule has 0 aromatic heterocycles. The van der Waals surface area contributed by atoms with Crippen molar-refractivity contribution in [3.05, 3.63) is 127 Å². The summed E-state index contributed by atoms with van der Waals surface area (Å²) in [6, 6.07) is 15.4. The molecule has 16 heteroatoms. The minimum Gasteiger partial charge on any atom is -0.465 e. The monoisotopic (exact) mass is 674 g/mol. The zero-order valence-electron chi connectivity index (χ0n) is 24.0. The number of esters is 2. The van der Waals surface area contributed by atoms with Gasteiger partial charge in [0, 0.05) is 43.8 Å². The quantitative estimate of drug-likeness (QED) is 0.109. The molecule has 240 valence electrons. The number of carbonyl (C=O) groups is 2. The van der Waals surface area contributed by atoms with Crippen molar-refractivity contribution >= 4 is 46.8 Å². The Kier molecular flexibility index (Phi) is 12.7. The van der Waals surface area contributed by atoms with Gasteiger partial charge in [-0.2, -0.15) is 0 Å². The number of hydrogen-bond donors (Lipinski definition) is 2. The van der Waals surface area contributed by atoms with Crippen molar-refractivity contribution in [2.45, 2.75) is 32.8 Å². The number of non-ortho nitro benzene ring substituents is 2. The summed E-state index contributed by atoms with van der Waals surface area (Å²) in [5.41, 5.74) is 0.370. The van der Waals surface area contributed by atoms with Gasteiger partial charge in [0.15, 0.2) is 0 Å². The standard InChI is InChI=1S/C16H12FNO6S.C14H12FNO4S/c1-23-15(19)11-7-9(17)3-5-13(11)25-14-6-4-10(18(21)22)8-12(14)16(20)24-2;15-11-1-3-13(9(5-11)7-17)21-14-4-2-12(16(19)20)6-10(14)8-18/h3-8H,1-2H3;1-6,17-18H,7-8H2. The van der Waals surface area contributed by atoms with E-state index in [1.165, 1.54) is 66.4 Å². The normalized spacial score (nSPS) is 10.4. The molecule has 4 aromatic rings. The van der Waals surface area contributed by atoms with Crippen molar-refractivity contribution < 1.29 is 47.9 Å². The molecule has 0 amide bonds. The van der Waals surface area contributed by atoms with Crippen LogP contribution in [0.5, 0.6) is 0 Å². The Hall–Kier alpha value is -4.90. The van der Waals surface area contributed by atoms with Crippen LogP contribution < -0.4 is 0 Å². The highest BCUT2D eigenvalue weighted by atomic mass is 32.2. The second-order valence-corrected chi connectivity index (χ2v) is 11.1. The minimum absolute atomic E-state index is 0.0262. The number of methoxy groups -OCH3 is 2. The Morgan fingerprint density at radius 3 is 1.54 bits per heavy atom. The number of aliphatic hydroxyl groups excluding tert-OH is 2. The van der Waals surface area contributed by atoms with Gasteiger partial charge in [-0.3, -0.25) is 20.2 Å². The van der Waals surface area contributed by atoms with E-state index in [1.54, 1.807) is 0 Å². The molecule has 0 saturated heterocycles. The van der Waals surface area contributed by atoms with Gasteiger partial charge in [0.05, 0.1) is 48.4 Å². The van der Waals surface area contributed by atoms with Crippen LogP contribution in [-0.2, 0) is 22.7 Å². The second kappa shape index (κ2) is 16.4. The van der Waals surface area contributed by atoms with Crippen LogP contribution in [-0.4, -0.2) is 46.2 Å². The highest BCUT2D eigenvalue weighted by Gasteiger charge is 2.21. The Bertz CT molecular complexity index is 1790. The summed E-state index contributed by atoms with van der Waals surface area (Å²) in [5, 5.41) is 40.2. The number of benzene rings is 4. The van der Waals surface area contributed by atoms with E-state index in [0.29, 0.717) is 30.7 Å². The first kappa shape index (κ1) is 35.6. The van der Waals surface area contributed by atoms with Gasteiger partial charge in [0.25, 0.3) is 11.4 Å². The lowest BCUT2D eigenvalue weighted by atomic mass is 10.2. The number of halogens is 2. The maximum atomic E-state index is 13.4. The molecule has 0 unspecified atom stereocenters. The van der Waals surface area contributed by atoms with Crippen LogP contribution in [0.4, 0.5) is 20.2 Å². The molecular weight excluding hydrogens is 650 g/mol. The summed E-state index contributed by atoms with van der Waals surface area (Å²) in [6.07, 6.45) is 0. The maximum absolute atomic E-state index is 13.4. The summed E-state index contributed by atoms with van der Waals surface area (Å²) in [5.74, 6) is -2.59. The molecule has 0 spiro atoms. The van der Waals surface area contributed by atoms with Gasteiger partial charge in [0.2, 0.25) is 0 Å². The molecule has 0 atom stereocenters. The van der Waals surface area contributed by atoms with Crippen LogP contribution in [0.25, 0.3) is 0 Å². The molecule has 0 radical (unpaired) electrons. The van der Waals surface area contributed by atoms with E-state index in [9.17, 15) is 48.8 Å². The molecule has 0 aliphatic heterocycles. The van der Waals surface area contributed by atoms with Crippen molar-refractivity contribution in [2.24, 2.45) is 0 Å². The molecule has 0 aliphatic carbocycles. The third-order valence-corrected chi connectivity index (χ3v) is 8.37. The predicted octanol–water partition coefficient (Wildman–Crippen LogP) is 6.33. The average Bonchev–Trinajstić information content (AvgIpc) is 3.05. The Balaban J connectivity index is 0.000000254. The third-order valence-electron chi connectivity index (χ3n) is 5.98. The van der Waals surface area contributed by atoms with Crippen molar-refractivity contribution in [3.63, 3.8) is 0 Å². The zero-order chi connectivity index (χ0) is 34.0. The average molecular weight is 675 g/mol. The van der Waals surface area contributed by atoms with E-state index in [1.807, 2.05) is 0 Å². The van der Waals surface area contributed by atoms with Crippen molar-refractivity contribution in [2.75, 3.05) is 14.2 Å². The van der Waals surface area contributed by atoms with Gasteiger partial charge < -0.3 is 19.7 Å². The third kappa shape index (κ3) is 9.07. The van der Waals surface area contributed by atoms with Crippen LogP contribution in [0, 0.1) is 31.9 Å². The summed E-state index contributed by atoms with van der Waals surface area (Å²) in [6.45, 7) is -0.665. The number of carbonyl (C=O) groups excluding carboxylic acids is 2. The van der Waals surface area contributed by atoms with Crippen molar-refractivity contribution in [1.29, 1.82) is 0 Å². The van der Waals surface area contributed by atoms with Crippen molar-refractivity contribution in [1.82, 2.24) is 0 Å². The summed E-state index contributed by atoms with van der Waals surface area (Å²) < 4.78 is 35.8. The summed E-state index contributed by atoms with van der Waals surface area (Å²) in [7, 11) is 2.31. The maximum Gasteiger partial charge on any atom is 0.339 e. The molecule has 4 aromatic carbocycles. The van der Waals surface area contributed by atoms with Gasteiger partial charge in [-0.05, 0) is 59.7 Å². The minimum atomic E-state index is -0.770. The number of ether oxygens (including phenoxy) is 2. The van der Waals surface area contributed by atoms with Crippen LogP contribution >= 0.6 is 23.5 Å². The molecule has 0 heterocycles. The van der Waals surface area contributed by atoms with Crippen molar-refractivity contribution in [3.8, 4) is 0 Å². The molecule has 12 nitrogen and oxygen atoms in total.